The minimum Gasteiger partial charge on any atom is -0.393 e. The van der Waals surface area contributed by atoms with E-state index < -0.39 is 0 Å². The molecule has 0 aromatic heterocycles. The number of aliphatic hydroxyl groups excluding tert-OH is 2. The van der Waals surface area contributed by atoms with Gasteiger partial charge in [-0.1, -0.05) is 51.0 Å². The largest absolute Gasteiger partial charge is 0.393 e. The van der Waals surface area contributed by atoms with Gasteiger partial charge in [0.05, 0.1) is 12.2 Å². The van der Waals surface area contributed by atoms with Crippen LogP contribution < -0.4 is 0 Å². The third-order valence-electron chi connectivity index (χ3n) is 15.9. The molecule has 0 aliphatic heterocycles. The molecule has 12 atom stereocenters. The molecule has 6 fully saturated rings. The minimum atomic E-state index is -0.216. The summed E-state index contributed by atoms with van der Waals surface area (Å²) in [5.74, 6) is 4.61. The Labute approximate surface area is 254 Å². The average Bonchev–Trinajstić information content (AvgIpc) is 3.48. The van der Waals surface area contributed by atoms with Gasteiger partial charge in [-0.3, -0.25) is 0 Å². The molecule has 8 rings (SSSR count). The summed E-state index contributed by atoms with van der Waals surface area (Å²) in [5.41, 5.74) is 7.02. The van der Waals surface area contributed by atoms with Crippen LogP contribution in [0.25, 0.3) is 0 Å². The van der Waals surface area contributed by atoms with Gasteiger partial charge in [-0.25, -0.2) is 0 Å². The fourth-order valence-electron chi connectivity index (χ4n) is 13.4. The van der Waals surface area contributed by atoms with Crippen LogP contribution in [0, 0.1) is 57.2 Å². The second-order valence-corrected chi connectivity index (χ2v) is 17.4. The predicted octanol–water partition coefficient (Wildman–Crippen LogP) is 8.43. The van der Waals surface area contributed by atoms with Crippen molar-refractivity contribution in [1.82, 2.24) is 0 Å². The lowest BCUT2D eigenvalue weighted by Gasteiger charge is -2.57. The molecule has 8 aliphatic rings. The van der Waals surface area contributed by atoms with Gasteiger partial charge >= 0.3 is 0 Å². The standard InChI is InChI=1S/C38H56N2O2/c1-35-17-13-25(41)21-23(35)5-7-27-29-9-11-33(37(29,3)19-15-31(27)35)39-40-34-12-10-30-28-8-6-24-22-26(42)14-18-36(24,2)32(28)16-20-38(30,34)4/h5,22,25-32,41-42H,6-21H2,1-4H3. The third-order valence-corrected chi connectivity index (χ3v) is 15.9. The van der Waals surface area contributed by atoms with Gasteiger partial charge in [0.15, 0.2) is 0 Å². The van der Waals surface area contributed by atoms with Crippen LogP contribution in [-0.2, 0) is 0 Å². The van der Waals surface area contributed by atoms with Crippen molar-refractivity contribution in [1.29, 1.82) is 0 Å². The van der Waals surface area contributed by atoms with E-state index in [0.29, 0.717) is 10.8 Å². The summed E-state index contributed by atoms with van der Waals surface area (Å²) in [6.45, 7) is 10.2. The maximum absolute atomic E-state index is 10.4. The molecule has 0 aromatic rings. The van der Waals surface area contributed by atoms with Gasteiger partial charge in [0, 0.05) is 22.3 Å². The molecule has 0 amide bonds. The quantitative estimate of drug-likeness (QED) is 0.245. The van der Waals surface area contributed by atoms with Crippen molar-refractivity contribution >= 4 is 11.4 Å². The maximum Gasteiger partial charge on any atom is 0.0724 e. The summed E-state index contributed by atoms with van der Waals surface area (Å²) < 4.78 is 0. The highest BCUT2D eigenvalue weighted by atomic mass is 16.3. The average molecular weight is 573 g/mol. The first-order valence-electron chi connectivity index (χ1n) is 18.0. The van der Waals surface area contributed by atoms with Crippen molar-refractivity contribution < 1.29 is 10.2 Å². The van der Waals surface area contributed by atoms with E-state index in [0.717, 1.165) is 67.6 Å². The lowest BCUT2D eigenvalue weighted by atomic mass is 9.47. The van der Waals surface area contributed by atoms with Gasteiger partial charge in [0.25, 0.3) is 0 Å². The van der Waals surface area contributed by atoms with Gasteiger partial charge in [-0.05, 0) is 149 Å². The number of aliphatic hydroxyl groups is 2. The van der Waals surface area contributed by atoms with E-state index >= 15 is 0 Å². The molecule has 4 nitrogen and oxygen atoms in total. The van der Waals surface area contributed by atoms with Crippen molar-refractivity contribution in [2.75, 3.05) is 0 Å². The minimum absolute atomic E-state index is 0.122. The van der Waals surface area contributed by atoms with Crippen LogP contribution in [-0.4, -0.2) is 33.8 Å². The summed E-state index contributed by atoms with van der Waals surface area (Å²) >= 11 is 0. The van der Waals surface area contributed by atoms with Gasteiger partial charge in [-0.2, -0.15) is 10.2 Å². The lowest BCUT2D eigenvalue weighted by molar-refractivity contribution is -0.0250. The maximum atomic E-state index is 10.4. The molecule has 12 unspecified atom stereocenters. The fraction of sp³-hybridized carbons (Fsp3) is 0.842. The van der Waals surface area contributed by atoms with Crippen LogP contribution in [0.2, 0.25) is 0 Å². The second-order valence-electron chi connectivity index (χ2n) is 17.4. The van der Waals surface area contributed by atoms with Gasteiger partial charge in [0.1, 0.15) is 0 Å². The molecule has 4 heteroatoms. The number of fused-ring (bicyclic) bond motifs is 10. The molecule has 0 aromatic carbocycles. The Kier molecular flexibility index (Phi) is 6.47. The number of allylic oxidation sites excluding steroid dienone is 2. The fourth-order valence-corrected chi connectivity index (χ4v) is 13.4. The molecule has 230 valence electrons. The van der Waals surface area contributed by atoms with E-state index in [1.54, 1.807) is 11.1 Å². The van der Waals surface area contributed by atoms with E-state index in [1.165, 1.54) is 82.1 Å². The smallest absolute Gasteiger partial charge is 0.0724 e. The lowest BCUT2D eigenvalue weighted by Crippen LogP contribution is -2.50. The summed E-state index contributed by atoms with van der Waals surface area (Å²) in [5, 5.41) is 31.2. The van der Waals surface area contributed by atoms with Crippen LogP contribution in [0.4, 0.5) is 0 Å². The summed E-state index contributed by atoms with van der Waals surface area (Å²) in [6, 6.07) is 0. The molecule has 0 radical (unpaired) electrons. The van der Waals surface area contributed by atoms with Crippen molar-refractivity contribution in [3.8, 4) is 0 Å². The molecule has 0 bridgehead atoms. The summed E-state index contributed by atoms with van der Waals surface area (Å²) in [6.07, 6.45) is 23.3. The van der Waals surface area contributed by atoms with Crippen LogP contribution in [0.1, 0.15) is 130 Å². The van der Waals surface area contributed by atoms with E-state index in [4.69, 9.17) is 10.2 Å². The number of nitrogens with zero attached hydrogens (tertiary/aromatic N) is 2. The highest BCUT2D eigenvalue weighted by Crippen LogP contribution is 2.66. The Morgan fingerprint density at radius 3 is 1.83 bits per heavy atom. The second kappa shape index (κ2) is 9.62. The molecular formula is C38H56N2O2. The molecule has 0 saturated heterocycles. The van der Waals surface area contributed by atoms with Gasteiger partial charge in [0.2, 0.25) is 0 Å². The summed E-state index contributed by atoms with van der Waals surface area (Å²) in [4.78, 5) is 0. The van der Waals surface area contributed by atoms with E-state index in [2.05, 4.69) is 39.8 Å². The zero-order valence-electron chi connectivity index (χ0n) is 26.9. The van der Waals surface area contributed by atoms with Crippen LogP contribution >= 0.6 is 0 Å². The number of hydrogen-bond acceptors (Lipinski definition) is 4. The first-order valence-corrected chi connectivity index (χ1v) is 18.0. The first kappa shape index (κ1) is 28.2. The summed E-state index contributed by atoms with van der Waals surface area (Å²) in [7, 11) is 0. The third kappa shape index (κ3) is 3.85. The molecule has 42 heavy (non-hydrogen) atoms. The Bertz CT molecular complexity index is 1260. The normalized spacial score (nSPS) is 55.1. The zero-order valence-corrected chi connectivity index (χ0v) is 26.9. The van der Waals surface area contributed by atoms with Gasteiger partial charge in [-0.15, -0.1) is 0 Å². The van der Waals surface area contributed by atoms with E-state index in [-0.39, 0.29) is 23.0 Å². The van der Waals surface area contributed by atoms with Crippen LogP contribution in [0.5, 0.6) is 0 Å². The Morgan fingerprint density at radius 1 is 0.595 bits per heavy atom. The highest BCUT2D eigenvalue weighted by Gasteiger charge is 2.60. The number of rotatable bonds is 1. The Balaban J connectivity index is 1.02. The van der Waals surface area contributed by atoms with Gasteiger partial charge < -0.3 is 10.2 Å². The zero-order chi connectivity index (χ0) is 29.1. The molecular weight excluding hydrogens is 516 g/mol. The van der Waals surface area contributed by atoms with Crippen molar-refractivity contribution in [2.24, 2.45) is 67.4 Å². The predicted molar refractivity (Wildman–Crippen MR) is 170 cm³/mol. The molecule has 0 heterocycles. The molecule has 6 saturated carbocycles. The van der Waals surface area contributed by atoms with Crippen molar-refractivity contribution in [3.05, 3.63) is 23.3 Å². The SMILES string of the molecule is CC12CCC(O)CC1=CCC1C2CCC2(C)C(=NN=C3CCC4C5CCC6=CC(O)CCC6(C)C5CCC34C)CCC12. The van der Waals surface area contributed by atoms with Crippen molar-refractivity contribution in [2.45, 2.75) is 143 Å². The molecule has 0 spiro atoms. The van der Waals surface area contributed by atoms with Crippen LogP contribution in [0.3, 0.4) is 0 Å². The molecule has 2 N–H and O–H groups in total. The first-order chi connectivity index (χ1) is 20.1. The number of hydrogen-bond donors (Lipinski definition) is 2. The monoisotopic (exact) mass is 572 g/mol. The van der Waals surface area contributed by atoms with E-state index in [9.17, 15) is 10.2 Å². The van der Waals surface area contributed by atoms with E-state index in [1.807, 2.05) is 0 Å². The highest BCUT2D eigenvalue weighted by molar-refractivity contribution is 5.95. The van der Waals surface area contributed by atoms with Crippen LogP contribution in [0.15, 0.2) is 33.5 Å². The van der Waals surface area contributed by atoms with Crippen molar-refractivity contribution in [3.63, 3.8) is 0 Å². The Morgan fingerprint density at radius 2 is 1.14 bits per heavy atom. The molecule has 8 aliphatic carbocycles. The topological polar surface area (TPSA) is 65.2 Å². The Hall–Kier alpha value is -1.26.